The van der Waals surface area contributed by atoms with E-state index in [-0.39, 0.29) is 12.5 Å². The van der Waals surface area contributed by atoms with Crippen molar-refractivity contribution in [2.75, 3.05) is 13.0 Å². The molecule has 19 heavy (non-hydrogen) atoms. The third-order valence-corrected chi connectivity index (χ3v) is 3.09. The lowest BCUT2D eigenvalue weighted by molar-refractivity contribution is -0.0387. The number of thioether (sulfide) groups is 1. The Morgan fingerprint density at radius 1 is 1.32 bits per heavy atom. The van der Waals surface area contributed by atoms with Gasteiger partial charge in [-0.05, 0) is 24.0 Å². The number of hydrogen-bond acceptors (Lipinski definition) is 6. The predicted molar refractivity (Wildman–Crippen MR) is 69.8 cm³/mol. The Bertz CT molecular complexity index is 510. The molecule has 0 saturated heterocycles. The van der Waals surface area contributed by atoms with Gasteiger partial charge in [0.15, 0.2) is 12.5 Å². The van der Waals surface area contributed by atoms with Gasteiger partial charge in [-0.25, -0.2) is 4.79 Å². The molecule has 100 valence electrons. The van der Waals surface area contributed by atoms with E-state index in [2.05, 4.69) is 9.68 Å². The Labute approximate surface area is 114 Å². The maximum atomic E-state index is 11.4. The highest BCUT2D eigenvalue weighted by atomic mass is 32.2. The minimum Gasteiger partial charge on any atom is -0.434 e. The SMILES string of the molecule is CSc1ccc(COCOC(=O)c2ccon2)cc1. The van der Waals surface area contributed by atoms with Crippen LogP contribution in [0.3, 0.4) is 0 Å². The van der Waals surface area contributed by atoms with Crippen LogP contribution in [0.5, 0.6) is 0 Å². The van der Waals surface area contributed by atoms with Crippen molar-refractivity contribution in [3.63, 3.8) is 0 Å². The smallest absolute Gasteiger partial charge is 0.362 e. The summed E-state index contributed by atoms with van der Waals surface area (Å²) in [7, 11) is 0. The highest BCUT2D eigenvalue weighted by Gasteiger charge is 2.09. The zero-order valence-corrected chi connectivity index (χ0v) is 11.2. The molecule has 0 saturated carbocycles. The molecule has 0 aliphatic heterocycles. The molecule has 0 bridgehead atoms. The molecule has 6 heteroatoms. The third kappa shape index (κ3) is 4.11. The highest BCUT2D eigenvalue weighted by Crippen LogP contribution is 2.15. The van der Waals surface area contributed by atoms with E-state index in [4.69, 9.17) is 9.47 Å². The summed E-state index contributed by atoms with van der Waals surface area (Å²) in [5.74, 6) is -0.563. The summed E-state index contributed by atoms with van der Waals surface area (Å²) in [6.07, 6.45) is 3.33. The van der Waals surface area contributed by atoms with E-state index in [1.165, 1.54) is 17.2 Å². The first-order chi connectivity index (χ1) is 9.29. The maximum absolute atomic E-state index is 11.4. The fourth-order valence-corrected chi connectivity index (χ4v) is 1.78. The van der Waals surface area contributed by atoms with E-state index in [9.17, 15) is 4.79 Å². The van der Waals surface area contributed by atoms with Crippen LogP contribution in [0.15, 0.2) is 46.0 Å². The van der Waals surface area contributed by atoms with Crippen molar-refractivity contribution in [2.24, 2.45) is 0 Å². The lowest BCUT2D eigenvalue weighted by atomic mass is 10.2. The quantitative estimate of drug-likeness (QED) is 0.351. The van der Waals surface area contributed by atoms with Gasteiger partial charge in [-0.2, -0.15) is 0 Å². The van der Waals surface area contributed by atoms with E-state index >= 15 is 0 Å². The molecule has 0 unspecified atom stereocenters. The minimum atomic E-state index is -0.563. The molecule has 1 aromatic heterocycles. The van der Waals surface area contributed by atoms with Gasteiger partial charge in [-0.1, -0.05) is 17.3 Å². The van der Waals surface area contributed by atoms with Gasteiger partial charge in [-0.3, -0.25) is 0 Å². The average Bonchev–Trinajstić information content (AvgIpc) is 2.98. The van der Waals surface area contributed by atoms with Gasteiger partial charge >= 0.3 is 5.97 Å². The first-order valence-corrected chi connectivity index (χ1v) is 6.80. The molecule has 2 rings (SSSR count). The van der Waals surface area contributed by atoms with Gasteiger partial charge in [0.1, 0.15) is 6.26 Å². The van der Waals surface area contributed by atoms with Crippen LogP contribution in [0.25, 0.3) is 0 Å². The number of esters is 1. The molecular weight excluding hydrogens is 266 g/mol. The number of aromatic nitrogens is 1. The van der Waals surface area contributed by atoms with Crippen LogP contribution in [-0.2, 0) is 16.1 Å². The van der Waals surface area contributed by atoms with Crippen molar-refractivity contribution >= 4 is 17.7 Å². The number of nitrogens with zero attached hydrogens (tertiary/aromatic N) is 1. The molecule has 5 nitrogen and oxygen atoms in total. The number of carbonyl (C=O) groups is 1. The Hall–Kier alpha value is -1.79. The number of rotatable bonds is 6. The summed E-state index contributed by atoms with van der Waals surface area (Å²) < 4.78 is 14.7. The summed E-state index contributed by atoms with van der Waals surface area (Å²) in [5.41, 5.74) is 1.16. The molecule has 0 radical (unpaired) electrons. The normalized spacial score (nSPS) is 10.4. The summed E-state index contributed by atoms with van der Waals surface area (Å²) in [6, 6.07) is 9.43. The van der Waals surface area contributed by atoms with Crippen LogP contribution in [-0.4, -0.2) is 24.2 Å². The van der Waals surface area contributed by atoms with Crippen molar-refractivity contribution in [2.45, 2.75) is 11.5 Å². The molecule has 0 atom stereocenters. The highest BCUT2D eigenvalue weighted by molar-refractivity contribution is 7.98. The summed E-state index contributed by atoms with van der Waals surface area (Å²) in [4.78, 5) is 12.6. The molecule has 0 spiro atoms. The number of carbonyl (C=O) groups excluding carboxylic acids is 1. The largest absolute Gasteiger partial charge is 0.434 e. The van der Waals surface area contributed by atoms with Gasteiger partial charge in [0.25, 0.3) is 0 Å². The zero-order valence-electron chi connectivity index (χ0n) is 10.4. The van der Waals surface area contributed by atoms with E-state index in [0.717, 1.165) is 5.56 Å². The molecule has 2 aromatic rings. The molecule has 0 N–H and O–H groups in total. The molecule has 0 fully saturated rings. The number of hydrogen-bond donors (Lipinski definition) is 0. The van der Waals surface area contributed by atoms with Gasteiger partial charge in [0.2, 0.25) is 0 Å². The maximum Gasteiger partial charge on any atom is 0.362 e. The Morgan fingerprint density at radius 3 is 2.74 bits per heavy atom. The van der Waals surface area contributed by atoms with Gasteiger partial charge in [0.05, 0.1) is 6.61 Å². The second-order valence-electron chi connectivity index (χ2n) is 3.63. The fourth-order valence-electron chi connectivity index (χ4n) is 1.37. The van der Waals surface area contributed by atoms with Crippen LogP contribution < -0.4 is 0 Å². The molecule has 1 aromatic carbocycles. The summed E-state index contributed by atoms with van der Waals surface area (Å²) in [6.45, 7) is 0.275. The van der Waals surface area contributed by atoms with Crippen LogP contribution in [0, 0.1) is 0 Å². The summed E-state index contributed by atoms with van der Waals surface area (Å²) in [5, 5.41) is 3.46. The number of ether oxygens (including phenoxy) is 2. The van der Waals surface area contributed by atoms with Crippen LogP contribution in [0.1, 0.15) is 16.1 Å². The van der Waals surface area contributed by atoms with Crippen molar-refractivity contribution in [3.8, 4) is 0 Å². The van der Waals surface area contributed by atoms with E-state index in [1.807, 2.05) is 30.5 Å². The van der Waals surface area contributed by atoms with Crippen molar-refractivity contribution in [1.82, 2.24) is 5.16 Å². The van der Waals surface area contributed by atoms with Crippen molar-refractivity contribution < 1.29 is 18.8 Å². The van der Waals surface area contributed by atoms with Crippen molar-refractivity contribution in [3.05, 3.63) is 47.9 Å². The lowest BCUT2D eigenvalue weighted by Gasteiger charge is -2.05. The van der Waals surface area contributed by atoms with E-state index in [0.29, 0.717) is 6.61 Å². The average molecular weight is 279 g/mol. The monoisotopic (exact) mass is 279 g/mol. The van der Waals surface area contributed by atoms with E-state index in [1.54, 1.807) is 11.8 Å². The second-order valence-corrected chi connectivity index (χ2v) is 4.51. The molecule has 1 heterocycles. The zero-order chi connectivity index (χ0) is 13.5. The van der Waals surface area contributed by atoms with Crippen LogP contribution >= 0.6 is 11.8 Å². The molecule has 0 aliphatic rings. The number of benzene rings is 1. The van der Waals surface area contributed by atoms with E-state index < -0.39 is 5.97 Å². The fraction of sp³-hybridized carbons (Fsp3) is 0.231. The Balaban J connectivity index is 1.70. The minimum absolute atomic E-state index is 0.115. The summed E-state index contributed by atoms with van der Waals surface area (Å²) >= 11 is 1.68. The van der Waals surface area contributed by atoms with Crippen molar-refractivity contribution in [1.29, 1.82) is 0 Å². The predicted octanol–water partition coefficient (Wildman–Crippen LogP) is 2.73. The standard InChI is InChI=1S/C13H13NO4S/c1-19-11-4-2-10(3-5-11)8-16-9-17-13(15)12-6-7-18-14-12/h2-7H,8-9H2,1H3. The molecule has 0 aliphatic carbocycles. The first kappa shape index (κ1) is 13.6. The first-order valence-electron chi connectivity index (χ1n) is 5.58. The van der Waals surface area contributed by atoms with Gasteiger partial charge in [-0.15, -0.1) is 11.8 Å². The second kappa shape index (κ2) is 6.96. The van der Waals surface area contributed by atoms with Crippen LogP contribution in [0.4, 0.5) is 0 Å². The molecule has 0 amide bonds. The van der Waals surface area contributed by atoms with Gasteiger partial charge < -0.3 is 14.0 Å². The lowest BCUT2D eigenvalue weighted by Crippen LogP contribution is -2.09. The Morgan fingerprint density at radius 2 is 2.11 bits per heavy atom. The topological polar surface area (TPSA) is 61.6 Å². The third-order valence-electron chi connectivity index (χ3n) is 2.35. The Kier molecular flexibility index (Phi) is 5.00. The van der Waals surface area contributed by atoms with Crippen LogP contribution in [0.2, 0.25) is 0 Å². The van der Waals surface area contributed by atoms with Gasteiger partial charge in [0, 0.05) is 11.0 Å². The molecular formula is C13H13NO4S.